The van der Waals surface area contributed by atoms with E-state index in [0.717, 1.165) is 0 Å². The van der Waals surface area contributed by atoms with E-state index in [1.807, 2.05) is 0 Å². The maximum absolute atomic E-state index is 11.8. The predicted octanol–water partition coefficient (Wildman–Crippen LogP) is -0.270. The number of amides is 1. The van der Waals surface area contributed by atoms with Crippen LogP contribution in [0.5, 0.6) is 23.5 Å². The second-order valence-electron chi connectivity index (χ2n) is 7.31. The number of aromatic nitrogens is 2. The van der Waals surface area contributed by atoms with Crippen molar-refractivity contribution in [1.29, 1.82) is 0 Å². The molecule has 14 nitrogen and oxygen atoms in total. The van der Waals surface area contributed by atoms with Gasteiger partial charge in [-0.3, -0.25) is 9.36 Å². The molecule has 2 heterocycles. The largest absolute Gasteiger partial charge is 0.494 e. The van der Waals surface area contributed by atoms with E-state index in [1.165, 1.54) is 28.8 Å². The molecule has 5 N–H and O–H groups in total. The first-order valence-electron chi connectivity index (χ1n) is 11.3. The minimum Gasteiger partial charge on any atom is -0.494 e. The Morgan fingerprint density at radius 1 is 0.667 bits per heavy atom. The van der Waals surface area contributed by atoms with E-state index < -0.39 is 17.7 Å². The van der Waals surface area contributed by atoms with Crippen LogP contribution in [-0.2, 0) is 35.1 Å². The molecule has 1 amide bonds. The van der Waals surface area contributed by atoms with E-state index in [4.69, 9.17) is 23.8 Å². The number of rotatable bonds is 19. The van der Waals surface area contributed by atoms with E-state index >= 15 is 0 Å². The zero-order valence-corrected chi connectivity index (χ0v) is 19.8. The van der Waals surface area contributed by atoms with Gasteiger partial charge in [0.05, 0.1) is 59.3 Å². The fourth-order valence-corrected chi connectivity index (χ4v) is 2.80. The molecule has 0 unspecified atom stereocenters. The second-order valence-corrected chi connectivity index (χ2v) is 7.31. The van der Waals surface area contributed by atoms with Crippen LogP contribution >= 0.6 is 0 Å². The molecule has 2 rings (SSSR count). The van der Waals surface area contributed by atoms with Gasteiger partial charge in [0.1, 0.15) is 0 Å². The van der Waals surface area contributed by atoms with Crippen LogP contribution in [0.15, 0.2) is 24.3 Å². The zero-order chi connectivity index (χ0) is 26.2. The van der Waals surface area contributed by atoms with Gasteiger partial charge in [0.25, 0.3) is 0 Å². The third-order valence-electron chi connectivity index (χ3n) is 4.62. The maximum Gasteiger partial charge on any atom is 0.335 e. The highest BCUT2D eigenvalue weighted by Crippen LogP contribution is 2.21. The number of nitrogens with one attached hydrogen (secondary N) is 1. The molecule has 0 saturated carbocycles. The van der Waals surface area contributed by atoms with Crippen molar-refractivity contribution in [3.05, 3.63) is 24.3 Å². The summed E-state index contributed by atoms with van der Waals surface area (Å²) in [5.41, 5.74) is 0. The number of hydrogen-bond acceptors (Lipinski definition) is 11. The third kappa shape index (κ3) is 10.9. The van der Waals surface area contributed by atoms with E-state index in [0.29, 0.717) is 50.9 Å². The minimum absolute atomic E-state index is 0.0627. The zero-order valence-electron chi connectivity index (χ0n) is 19.8. The molecule has 0 aromatic carbocycles. The Morgan fingerprint density at radius 3 is 1.69 bits per heavy atom. The molecule has 0 fully saturated rings. The standard InChI is InChI=1S/C22H33N3O11/c26-17(5-8-24-18(27)1-2-19(24)28)23-7-10-33-12-14-35-16-15-34-13-11-32-9-6-22(31)36-25-20(29)3-4-21(25)30/h1-4,27-30H,5-16H2,(H,23,26). The van der Waals surface area contributed by atoms with Gasteiger partial charge in [0, 0.05) is 43.8 Å². The summed E-state index contributed by atoms with van der Waals surface area (Å²) >= 11 is 0. The average molecular weight is 516 g/mol. The summed E-state index contributed by atoms with van der Waals surface area (Å²) in [6.07, 6.45) is 0.0500. The maximum atomic E-state index is 11.8. The lowest BCUT2D eigenvalue weighted by Crippen LogP contribution is -2.28. The molecule has 0 spiro atoms. The molecular formula is C22H33N3O11. The molecule has 202 valence electrons. The highest BCUT2D eigenvalue weighted by atomic mass is 16.7. The Balaban J connectivity index is 1.31. The van der Waals surface area contributed by atoms with Gasteiger partial charge in [-0.1, -0.05) is 0 Å². The van der Waals surface area contributed by atoms with E-state index in [9.17, 15) is 30.0 Å². The van der Waals surface area contributed by atoms with Gasteiger partial charge in [0.2, 0.25) is 17.7 Å². The van der Waals surface area contributed by atoms with Crippen LogP contribution in [0.25, 0.3) is 0 Å². The fraction of sp³-hybridized carbons (Fsp3) is 0.545. The summed E-state index contributed by atoms with van der Waals surface area (Å²) in [5.74, 6) is -1.88. The summed E-state index contributed by atoms with van der Waals surface area (Å²) in [5, 5.41) is 40.5. The van der Waals surface area contributed by atoms with Crippen molar-refractivity contribution < 1.29 is 53.8 Å². The van der Waals surface area contributed by atoms with Crippen molar-refractivity contribution in [3.63, 3.8) is 0 Å². The average Bonchev–Trinajstić information content (AvgIpc) is 3.34. The summed E-state index contributed by atoms with van der Waals surface area (Å²) in [6, 6.07) is 5.07. The van der Waals surface area contributed by atoms with Crippen molar-refractivity contribution in [2.75, 3.05) is 59.4 Å². The fourth-order valence-electron chi connectivity index (χ4n) is 2.80. The Hall–Kier alpha value is -3.46. The van der Waals surface area contributed by atoms with Crippen molar-refractivity contribution in [2.45, 2.75) is 19.4 Å². The third-order valence-corrected chi connectivity index (χ3v) is 4.62. The molecular weight excluding hydrogens is 482 g/mol. The number of ether oxygens (including phenoxy) is 4. The first-order valence-corrected chi connectivity index (χ1v) is 11.3. The van der Waals surface area contributed by atoms with Gasteiger partial charge in [0.15, 0.2) is 11.8 Å². The number of nitrogens with zero attached hydrogens (tertiary/aromatic N) is 2. The van der Waals surface area contributed by atoms with E-state index in [1.54, 1.807) is 0 Å². The molecule has 0 aliphatic heterocycles. The van der Waals surface area contributed by atoms with Crippen molar-refractivity contribution in [3.8, 4) is 23.5 Å². The Kier molecular flexibility index (Phi) is 13.0. The van der Waals surface area contributed by atoms with Crippen LogP contribution in [0.4, 0.5) is 0 Å². The van der Waals surface area contributed by atoms with Crippen LogP contribution < -0.4 is 10.2 Å². The lowest BCUT2D eigenvalue weighted by molar-refractivity contribution is -0.146. The second kappa shape index (κ2) is 16.3. The van der Waals surface area contributed by atoms with Crippen LogP contribution in [0, 0.1) is 0 Å². The predicted molar refractivity (Wildman–Crippen MR) is 123 cm³/mol. The van der Waals surface area contributed by atoms with Crippen LogP contribution in [0.1, 0.15) is 12.8 Å². The molecule has 0 saturated heterocycles. The number of aromatic hydroxyl groups is 4. The topological polar surface area (TPSA) is 183 Å². The quantitative estimate of drug-likeness (QED) is 0.155. The molecule has 2 aromatic heterocycles. The Labute approximate surface area is 207 Å². The normalized spacial score (nSPS) is 11.0. The number of carbonyl (C=O) groups is 2. The molecule has 0 bridgehead atoms. The van der Waals surface area contributed by atoms with Gasteiger partial charge in [-0.2, -0.15) is 0 Å². The van der Waals surface area contributed by atoms with Gasteiger partial charge in [-0.15, -0.1) is 4.73 Å². The van der Waals surface area contributed by atoms with Crippen molar-refractivity contribution in [2.24, 2.45) is 0 Å². The van der Waals surface area contributed by atoms with Crippen molar-refractivity contribution in [1.82, 2.24) is 14.6 Å². The van der Waals surface area contributed by atoms with Gasteiger partial charge >= 0.3 is 5.97 Å². The lowest BCUT2D eigenvalue weighted by atomic mass is 10.4. The first kappa shape index (κ1) is 28.8. The summed E-state index contributed by atoms with van der Waals surface area (Å²) < 4.78 is 23.2. The molecule has 36 heavy (non-hydrogen) atoms. The Bertz CT molecular complexity index is 889. The summed E-state index contributed by atoms with van der Waals surface area (Å²) in [7, 11) is 0. The van der Waals surface area contributed by atoms with Crippen molar-refractivity contribution >= 4 is 11.9 Å². The smallest absolute Gasteiger partial charge is 0.335 e. The molecule has 0 radical (unpaired) electrons. The van der Waals surface area contributed by atoms with Gasteiger partial charge in [-0.05, 0) is 0 Å². The molecule has 0 aliphatic rings. The minimum atomic E-state index is -0.675. The van der Waals surface area contributed by atoms with Crippen LogP contribution in [0.3, 0.4) is 0 Å². The highest BCUT2D eigenvalue weighted by Gasteiger charge is 2.12. The summed E-state index contributed by atoms with van der Waals surface area (Å²) in [6.45, 7) is 2.97. The Morgan fingerprint density at radius 2 is 1.14 bits per heavy atom. The van der Waals surface area contributed by atoms with E-state index in [-0.39, 0.29) is 50.3 Å². The van der Waals surface area contributed by atoms with Crippen LogP contribution in [-0.4, -0.2) is 101 Å². The number of hydrogen-bond donors (Lipinski definition) is 5. The molecule has 2 aromatic rings. The molecule has 14 heteroatoms. The molecule has 0 aliphatic carbocycles. The van der Waals surface area contributed by atoms with Gasteiger partial charge in [-0.25, -0.2) is 4.79 Å². The van der Waals surface area contributed by atoms with Crippen LogP contribution in [0.2, 0.25) is 0 Å². The SMILES string of the molecule is O=C(CCn1c(O)ccc1O)NCCOCCOCCOCCOCCC(=O)On1c(O)ccc1O. The highest BCUT2D eigenvalue weighted by molar-refractivity contribution is 5.75. The van der Waals surface area contributed by atoms with E-state index in [2.05, 4.69) is 5.32 Å². The molecule has 0 atom stereocenters. The first-order chi connectivity index (χ1) is 17.4. The lowest BCUT2D eigenvalue weighted by Gasteiger charge is -2.09. The van der Waals surface area contributed by atoms with Gasteiger partial charge < -0.3 is 49.5 Å². The number of carbonyl (C=O) groups excluding carboxylic acids is 2. The monoisotopic (exact) mass is 515 g/mol. The summed E-state index contributed by atoms with van der Waals surface area (Å²) in [4.78, 5) is 28.1.